The Morgan fingerprint density at radius 1 is 1.00 bits per heavy atom. The van der Waals surface area contributed by atoms with Crippen LogP contribution >= 0.6 is 11.6 Å². The summed E-state index contributed by atoms with van der Waals surface area (Å²) in [6.07, 6.45) is 4.32. The lowest BCUT2D eigenvalue weighted by molar-refractivity contribution is 0.355. The maximum absolute atomic E-state index is 13.4. The molecule has 0 aliphatic heterocycles. The summed E-state index contributed by atoms with van der Waals surface area (Å²) in [6.45, 7) is 2.62. The van der Waals surface area contributed by atoms with E-state index in [0.29, 0.717) is 29.6 Å². The first-order valence-electron chi connectivity index (χ1n) is 10.2. The fourth-order valence-electron chi connectivity index (χ4n) is 3.84. The van der Waals surface area contributed by atoms with Gasteiger partial charge >= 0.3 is 0 Å². The number of ether oxygens (including phenoxy) is 2. The van der Waals surface area contributed by atoms with Crippen molar-refractivity contribution >= 4 is 32.5 Å². The summed E-state index contributed by atoms with van der Waals surface area (Å²) in [7, 11) is -0.591. The molecule has 6 nitrogen and oxygen atoms in total. The van der Waals surface area contributed by atoms with Gasteiger partial charge in [-0.2, -0.15) is 0 Å². The van der Waals surface area contributed by atoms with Crippen molar-refractivity contribution in [3.63, 3.8) is 0 Å². The molecule has 0 bridgehead atoms. The minimum Gasteiger partial charge on any atom is -0.493 e. The van der Waals surface area contributed by atoms with Crippen molar-refractivity contribution in [2.45, 2.75) is 24.8 Å². The van der Waals surface area contributed by atoms with Crippen LogP contribution in [0.2, 0.25) is 0 Å². The van der Waals surface area contributed by atoms with Crippen LogP contribution in [-0.2, 0) is 16.6 Å². The first kappa shape index (κ1) is 22.3. The van der Waals surface area contributed by atoms with Gasteiger partial charge in [0.05, 0.1) is 30.3 Å². The molecule has 2 heterocycles. The van der Waals surface area contributed by atoms with Crippen LogP contribution in [0.25, 0.3) is 22.2 Å². The third-order valence-electron chi connectivity index (χ3n) is 5.49. The van der Waals surface area contributed by atoms with Crippen molar-refractivity contribution in [1.29, 1.82) is 0 Å². The fraction of sp³-hybridized carbons (Fsp3) is 0.250. The lowest BCUT2D eigenvalue weighted by Gasteiger charge is -2.11. The Balaban J connectivity index is 1.93. The van der Waals surface area contributed by atoms with Crippen LogP contribution in [-0.4, -0.2) is 37.1 Å². The van der Waals surface area contributed by atoms with E-state index < -0.39 is 10.0 Å². The zero-order valence-corrected chi connectivity index (χ0v) is 19.8. The molecule has 2 aromatic carbocycles. The van der Waals surface area contributed by atoms with Crippen LogP contribution in [0.3, 0.4) is 0 Å². The Morgan fingerprint density at radius 2 is 1.69 bits per heavy atom. The van der Waals surface area contributed by atoms with E-state index in [1.807, 2.05) is 31.3 Å². The Morgan fingerprint density at radius 3 is 2.34 bits per heavy atom. The molecule has 4 rings (SSSR count). The molecule has 2 aromatic heterocycles. The van der Waals surface area contributed by atoms with E-state index in [9.17, 15) is 8.42 Å². The minimum absolute atomic E-state index is 0.241. The lowest BCUT2D eigenvalue weighted by atomic mass is 10.1. The Labute approximate surface area is 193 Å². The van der Waals surface area contributed by atoms with Crippen molar-refractivity contribution in [2.75, 3.05) is 20.1 Å². The molecule has 0 aliphatic carbocycles. The van der Waals surface area contributed by atoms with Gasteiger partial charge < -0.3 is 14.0 Å². The van der Waals surface area contributed by atoms with Gasteiger partial charge in [-0.1, -0.05) is 17.7 Å². The van der Waals surface area contributed by atoms with Crippen molar-refractivity contribution in [2.24, 2.45) is 0 Å². The zero-order chi connectivity index (χ0) is 22.9. The molecule has 0 unspecified atom stereocenters. The van der Waals surface area contributed by atoms with Gasteiger partial charge in [0.15, 0.2) is 11.5 Å². The van der Waals surface area contributed by atoms with Gasteiger partial charge in [0.25, 0.3) is 10.0 Å². The Hall–Kier alpha value is -2.90. The van der Waals surface area contributed by atoms with Crippen LogP contribution < -0.4 is 9.47 Å². The molecule has 0 spiro atoms. The smallest absolute Gasteiger partial charge is 0.268 e. The number of methoxy groups -OCH3 is 2. The average molecular weight is 473 g/mol. The molecule has 0 amide bonds. The molecule has 0 fully saturated rings. The quantitative estimate of drug-likeness (QED) is 0.326. The standard InChI is InChI=1S/C24H25ClN2O4S/c1-17-7-9-18(10-8-17)32(28,29)27-13-4-6-21(27)20-16-26(12-5-11-25)22-15-24(31-3)23(30-2)14-19(20)22/h4,6-10,13-16H,5,11-12H2,1-3H3. The summed E-state index contributed by atoms with van der Waals surface area (Å²) in [5.41, 5.74) is 3.28. The summed E-state index contributed by atoms with van der Waals surface area (Å²) < 4.78 is 41.3. The number of aromatic nitrogens is 2. The van der Waals surface area contributed by atoms with Crippen molar-refractivity contribution in [1.82, 2.24) is 8.54 Å². The predicted molar refractivity (Wildman–Crippen MR) is 128 cm³/mol. The second-order valence-electron chi connectivity index (χ2n) is 7.51. The zero-order valence-electron chi connectivity index (χ0n) is 18.2. The van der Waals surface area contributed by atoms with Crippen LogP contribution in [0.1, 0.15) is 12.0 Å². The molecular weight excluding hydrogens is 448 g/mol. The van der Waals surface area contributed by atoms with E-state index in [2.05, 4.69) is 4.57 Å². The third-order valence-corrected chi connectivity index (χ3v) is 7.46. The normalized spacial score (nSPS) is 11.8. The minimum atomic E-state index is -3.77. The van der Waals surface area contributed by atoms with Crippen LogP contribution in [0.4, 0.5) is 0 Å². The van der Waals surface area contributed by atoms with Gasteiger partial charge in [-0.05, 0) is 43.7 Å². The lowest BCUT2D eigenvalue weighted by Crippen LogP contribution is -2.13. The highest BCUT2D eigenvalue weighted by Gasteiger charge is 2.23. The fourth-order valence-corrected chi connectivity index (χ4v) is 5.32. The number of halogens is 1. The maximum Gasteiger partial charge on any atom is 0.268 e. The predicted octanol–water partition coefficient (Wildman–Crippen LogP) is 5.30. The average Bonchev–Trinajstić information content (AvgIpc) is 3.42. The van der Waals surface area contributed by atoms with E-state index in [1.165, 1.54) is 3.97 Å². The topological polar surface area (TPSA) is 62.5 Å². The van der Waals surface area contributed by atoms with E-state index in [4.69, 9.17) is 21.1 Å². The summed E-state index contributed by atoms with van der Waals surface area (Å²) >= 11 is 5.94. The number of hydrogen-bond donors (Lipinski definition) is 0. The van der Waals surface area contributed by atoms with Crippen molar-refractivity contribution in [3.05, 3.63) is 66.5 Å². The van der Waals surface area contributed by atoms with E-state index in [1.54, 1.807) is 50.7 Å². The number of aryl methyl sites for hydroxylation is 2. The summed E-state index contributed by atoms with van der Waals surface area (Å²) in [4.78, 5) is 0.241. The van der Waals surface area contributed by atoms with Gasteiger partial charge in [-0.15, -0.1) is 11.6 Å². The molecule has 168 valence electrons. The molecule has 0 atom stereocenters. The van der Waals surface area contributed by atoms with Gasteiger partial charge in [-0.3, -0.25) is 0 Å². The third kappa shape index (κ3) is 3.87. The molecule has 0 N–H and O–H groups in total. The second-order valence-corrected chi connectivity index (χ2v) is 9.70. The molecular formula is C24H25ClN2O4S. The molecule has 0 saturated carbocycles. The van der Waals surface area contributed by atoms with Gasteiger partial charge in [0, 0.05) is 41.8 Å². The van der Waals surface area contributed by atoms with Crippen LogP contribution in [0, 0.1) is 6.92 Å². The van der Waals surface area contributed by atoms with Gasteiger partial charge in [-0.25, -0.2) is 12.4 Å². The number of alkyl halides is 1. The summed E-state index contributed by atoms with van der Waals surface area (Å²) in [6, 6.07) is 14.2. The summed E-state index contributed by atoms with van der Waals surface area (Å²) in [5, 5.41) is 0.872. The first-order chi connectivity index (χ1) is 15.4. The molecule has 0 radical (unpaired) electrons. The number of nitrogens with zero attached hydrogens (tertiary/aromatic N) is 2. The first-order valence-corrected chi connectivity index (χ1v) is 12.2. The van der Waals surface area contributed by atoms with Crippen molar-refractivity contribution < 1.29 is 17.9 Å². The highest BCUT2D eigenvalue weighted by Crippen LogP contribution is 2.39. The summed E-state index contributed by atoms with van der Waals surface area (Å²) in [5.74, 6) is 1.72. The highest BCUT2D eigenvalue weighted by molar-refractivity contribution is 7.90. The molecule has 4 aromatic rings. The molecule has 32 heavy (non-hydrogen) atoms. The van der Waals surface area contributed by atoms with E-state index in [0.717, 1.165) is 28.5 Å². The number of fused-ring (bicyclic) bond motifs is 1. The Kier molecular flexibility index (Phi) is 6.22. The van der Waals surface area contributed by atoms with Gasteiger partial charge in [0.2, 0.25) is 0 Å². The molecule has 0 saturated heterocycles. The number of rotatable bonds is 8. The largest absolute Gasteiger partial charge is 0.493 e. The molecule has 0 aliphatic rings. The monoisotopic (exact) mass is 472 g/mol. The second kappa shape index (κ2) is 8.92. The maximum atomic E-state index is 13.4. The van der Waals surface area contributed by atoms with Crippen LogP contribution in [0.15, 0.2) is 65.8 Å². The van der Waals surface area contributed by atoms with E-state index in [-0.39, 0.29) is 4.90 Å². The van der Waals surface area contributed by atoms with Crippen LogP contribution in [0.5, 0.6) is 11.5 Å². The SMILES string of the molecule is COc1cc2c(-c3cccn3S(=O)(=O)c3ccc(C)cc3)cn(CCCCl)c2cc1OC. The van der Waals surface area contributed by atoms with Gasteiger partial charge in [0.1, 0.15) is 0 Å². The number of hydrogen-bond acceptors (Lipinski definition) is 4. The van der Waals surface area contributed by atoms with Crippen molar-refractivity contribution in [3.8, 4) is 22.8 Å². The van der Waals surface area contributed by atoms with E-state index >= 15 is 0 Å². The number of benzene rings is 2. The Bertz CT molecular complexity index is 1350. The highest BCUT2D eigenvalue weighted by atomic mass is 35.5. The molecule has 8 heteroatoms.